The summed E-state index contributed by atoms with van der Waals surface area (Å²) in [7, 11) is 1.40. The molecule has 0 aliphatic carbocycles. The van der Waals surface area contributed by atoms with Gasteiger partial charge in [-0.15, -0.1) is 11.3 Å². The Morgan fingerprint density at radius 3 is 2.42 bits per heavy atom. The van der Waals surface area contributed by atoms with Gasteiger partial charge in [-0.05, 0) is 24.3 Å². The average molecular weight is 394 g/mol. The predicted octanol–water partition coefficient (Wildman–Crippen LogP) is 5.21. The number of carbonyl (C=O) groups excluding carboxylic acids is 1. The summed E-state index contributed by atoms with van der Waals surface area (Å²) in [6.07, 6.45) is -4.59. The zero-order chi connectivity index (χ0) is 17.6. The molecule has 0 radical (unpaired) electrons. The lowest BCUT2D eigenvalue weighted by molar-refractivity contribution is -0.140. The second-order valence-corrected chi connectivity index (χ2v) is 6.82. The number of rotatable bonds is 2. The van der Waals surface area contributed by atoms with E-state index < -0.39 is 17.8 Å². The van der Waals surface area contributed by atoms with E-state index in [1.54, 1.807) is 0 Å². The van der Waals surface area contributed by atoms with Gasteiger partial charge >= 0.3 is 6.18 Å². The number of anilines is 1. The van der Waals surface area contributed by atoms with Crippen LogP contribution in [0.15, 0.2) is 24.3 Å². The van der Waals surface area contributed by atoms with Crippen molar-refractivity contribution in [3.63, 3.8) is 0 Å². The van der Waals surface area contributed by atoms with E-state index in [1.165, 1.54) is 31.3 Å². The van der Waals surface area contributed by atoms with E-state index in [0.29, 0.717) is 15.7 Å². The Bertz CT molecular complexity index is 929. The van der Waals surface area contributed by atoms with Crippen molar-refractivity contribution in [1.29, 1.82) is 0 Å². The van der Waals surface area contributed by atoms with Crippen molar-refractivity contribution in [2.24, 2.45) is 7.05 Å². The molecule has 10 heteroatoms. The summed E-state index contributed by atoms with van der Waals surface area (Å²) in [6.45, 7) is 0. The summed E-state index contributed by atoms with van der Waals surface area (Å²) in [5, 5.41) is 6.58. The molecule has 2 aromatic heterocycles. The van der Waals surface area contributed by atoms with Gasteiger partial charge < -0.3 is 5.32 Å². The van der Waals surface area contributed by atoms with E-state index in [1.807, 2.05) is 0 Å². The maximum absolute atomic E-state index is 13.0. The summed E-state index contributed by atoms with van der Waals surface area (Å²) in [5.74, 6) is -0.553. The van der Waals surface area contributed by atoms with Gasteiger partial charge in [0.15, 0.2) is 5.69 Å². The fraction of sp³-hybridized carbons (Fsp3) is 0.143. The molecular formula is C14H8Cl2F3N3OS. The molecule has 1 amide bonds. The second-order valence-electron chi connectivity index (χ2n) is 4.91. The Kier molecular flexibility index (Phi) is 4.23. The van der Waals surface area contributed by atoms with Crippen LogP contribution in [0.2, 0.25) is 10.0 Å². The number of benzene rings is 1. The first-order valence-electron chi connectivity index (χ1n) is 6.46. The summed E-state index contributed by atoms with van der Waals surface area (Å²) < 4.78 is 40.0. The largest absolute Gasteiger partial charge is 0.435 e. The Balaban J connectivity index is 1.96. The van der Waals surface area contributed by atoms with Crippen molar-refractivity contribution in [3.05, 3.63) is 44.9 Å². The first-order chi connectivity index (χ1) is 11.1. The molecule has 0 unspecified atom stereocenters. The van der Waals surface area contributed by atoms with Crippen molar-refractivity contribution >= 4 is 56.3 Å². The maximum atomic E-state index is 13.0. The van der Waals surface area contributed by atoms with E-state index in [4.69, 9.17) is 23.2 Å². The molecule has 0 atom stereocenters. The average Bonchev–Trinajstić information content (AvgIpc) is 2.97. The van der Waals surface area contributed by atoms with Crippen LogP contribution in [0.4, 0.5) is 18.9 Å². The van der Waals surface area contributed by atoms with E-state index in [0.717, 1.165) is 16.0 Å². The first-order valence-corrected chi connectivity index (χ1v) is 8.03. The quantitative estimate of drug-likeness (QED) is 0.649. The number of halogens is 5. The van der Waals surface area contributed by atoms with Crippen LogP contribution in [-0.4, -0.2) is 15.7 Å². The van der Waals surface area contributed by atoms with Crippen molar-refractivity contribution in [2.45, 2.75) is 6.18 Å². The monoisotopic (exact) mass is 393 g/mol. The number of alkyl halides is 3. The minimum atomic E-state index is -4.59. The van der Waals surface area contributed by atoms with E-state index in [9.17, 15) is 18.0 Å². The highest BCUT2D eigenvalue weighted by Gasteiger charge is 2.37. The van der Waals surface area contributed by atoms with Gasteiger partial charge in [0.1, 0.15) is 4.83 Å². The predicted molar refractivity (Wildman–Crippen MR) is 88.0 cm³/mol. The SMILES string of the molecule is Cn1nc(C(F)(F)F)c2cc(C(=O)Nc3cc(Cl)cc(Cl)c3)sc21. The van der Waals surface area contributed by atoms with Gasteiger partial charge in [0.25, 0.3) is 5.91 Å². The summed E-state index contributed by atoms with van der Waals surface area (Å²) in [5.41, 5.74) is -0.662. The van der Waals surface area contributed by atoms with Crippen molar-refractivity contribution < 1.29 is 18.0 Å². The van der Waals surface area contributed by atoms with Crippen LogP contribution >= 0.6 is 34.5 Å². The Labute approximate surface area is 147 Å². The molecule has 0 saturated carbocycles. The van der Waals surface area contributed by atoms with Gasteiger partial charge in [0.2, 0.25) is 0 Å². The van der Waals surface area contributed by atoms with Crippen LogP contribution in [0.5, 0.6) is 0 Å². The van der Waals surface area contributed by atoms with Crippen molar-refractivity contribution in [1.82, 2.24) is 9.78 Å². The molecule has 0 spiro atoms. The maximum Gasteiger partial charge on any atom is 0.435 e. The Morgan fingerprint density at radius 2 is 1.83 bits per heavy atom. The molecule has 0 saturated heterocycles. The molecule has 0 aliphatic rings. The number of aromatic nitrogens is 2. The van der Waals surface area contributed by atoms with Crippen molar-refractivity contribution in [3.8, 4) is 0 Å². The number of thiophene rings is 1. The molecule has 0 fully saturated rings. The third-order valence-corrected chi connectivity index (χ3v) is 4.76. The van der Waals surface area contributed by atoms with Crippen LogP contribution in [0, 0.1) is 0 Å². The molecule has 0 aliphatic heterocycles. The number of carbonyl (C=O) groups is 1. The highest BCUT2D eigenvalue weighted by atomic mass is 35.5. The number of aryl methyl sites for hydroxylation is 1. The van der Waals surface area contributed by atoms with Crippen molar-refractivity contribution in [2.75, 3.05) is 5.32 Å². The molecule has 4 nitrogen and oxygen atoms in total. The van der Waals surface area contributed by atoms with E-state index >= 15 is 0 Å². The number of nitrogens with one attached hydrogen (secondary N) is 1. The summed E-state index contributed by atoms with van der Waals surface area (Å²) >= 11 is 12.6. The lowest BCUT2D eigenvalue weighted by atomic mass is 10.2. The molecule has 0 bridgehead atoms. The van der Waals surface area contributed by atoms with Crippen LogP contribution in [-0.2, 0) is 13.2 Å². The molecular weight excluding hydrogens is 386 g/mol. The molecule has 126 valence electrons. The molecule has 3 rings (SSSR count). The Hall–Kier alpha value is -1.77. The molecule has 1 N–H and O–H groups in total. The number of nitrogens with zero attached hydrogens (tertiary/aromatic N) is 2. The van der Waals surface area contributed by atoms with Gasteiger partial charge in [0.05, 0.1) is 4.88 Å². The lowest BCUT2D eigenvalue weighted by Gasteiger charge is -2.05. The lowest BCUT2D eigenvalue weighted by Crippen LogP contribution is -2.10. The normalized spacial score (nSPS) is 11.9. The van der Waals surface area contributed by atoms with E-state index in [-0.39, 0.29) is 15.1 Å². The molecule has 24 heavy (non-hydrogen) atoms. The van der Waals surface area contributed by atoms with Crippen LogP contribution in [0.25, 0.3) is 10.2 Å². The van der Waals surface area contributed by atoms with Crippen LogP contribution < -0.4 is 5.32 Å². The van der Waals surface area contributed by atoms with Gasteiger partial charge in [-0.3, -0.25) is 9.48 Å². The zero-order valence-corrected chi connectivity index (χ0v) is 14.2. The number of hydrogen-bond acceptors (Lipinski definition) is 3. The summed E-state index contributed by atoms with van der Waals surface area (Å²) in [4.78, 5) is 12.7. The highest BCUT2D eigenvalue weighted by molar-refractivity contribution is 7.20. The number of fused-ring (bicyclic) bond motifs is 1. The number of hydrogen-bond donors (Lipinski definition) is 1. The van der Waals surface area contributed by atoms with Gasteiger partial charge in [-0.2, -0.15) is 18.3 Å². The third kappa shape index (κ3) is 3.22. The third-order valence-electron chi connectivity index (χ3n) is 3.12. The van der Waals surface area contributed by atoms with Crippen LogP contribution in [0.1, 0.15) is 15.4 Å². The number of amides is 1. The standard InChI is InChI=1S/C14H8Cl2F3N3OS/c1-22-13-9(11(21-22)14(17,18)19)5-10(24-13)12(23)20-8-3-6(15)2-7(16)4-8/h2-5H,1H3,(H,20,23). The van der Waals surface area contributed by atoms with Gasteiger partial charge in [-0.1, -0.05) is 23.2 Å². The molecule has 2 heterocycles. The fourth-order valence-electron chi connectivity index (χ4n) is 2.18. The minimum Gasteiger partial charge on any atom is -0.321 e. The van der Waals surface area contributed by atoms with Gasteiger partial charge in [-0.25, -0.2) is 0 Å². The summed E-state index contributed by atoms with van der Waals surface area (Å²) in [6, 6.07) is 5.65. The second kappa shape index (κ2) is 5.94. The minimum absolute atomic E-state index is 0.107. The van der Waals surface area contributed by atoms with E-state index in [2.05, 4.69) is 10.4 Å². The Morgan fingerprint density at radius 1 is 1.21 bits per heavy atom. The highest BCUT2D eigenvalue weighted by Crippen LogP contribution is 2.37. The fourth-order valence-corrected chi connectivity index (χ4v) is 3.67. The zero-order valence-electron chi connectivity index (χ0n) is 11.9. The molecule has 1 aromatic carbocycles. The smallest absolute Gasteiger partial charge is 0.321 e. The van der Waals surface area contributed by atoms with Crippen LogP contribution in [0.3, 0.4) is 0 Å². The topological polar surface area (TPSA) is 46.9 Å². The molecule has 3 aromatic rings. The van der Waals surface area contributed by atoms with Gasteiger partial charge in [0, 0.05) is 28.2 Å². The first kappa shape index (κ1) is 17.1.